The fraction of sp³-hybridized carbons (Fsp3) is 0.273. The molecule has 0 saturated heterocycles. The molecule has 0 aliphatic heterocycles. The van der Waals surface area contributed by atoms with Gasteiger partial charge in [0, 0.05) is 0 Å². The molecule has 8 heteroatoms. The van der Waals surface area contributed by atoms with E-state index in [0.717, 1.165) is 13.0 Å². The Morgan fingerprint density at radius 3 is 2.58 bits per heavy atom. The van der Waals surface area contributed by atoms with E-state index in [4.69, 9.17) is 10.4 Å². The Morgan fingerprint density at radius 1 is 1.47 bits per heavy atom. The molecule has 3 N–H and O–H groups in total. The standard InChI is InChI=1S/C11H12N2O5S/c1-7(14)10(11(15)16)13-19(17,18)9-4-2-3-8(5-9)6-12/h2-5,7,10,13-14H,1H3,(H,15,16)/t7-,10+/m1/s1. The third kappa shape index (κ3) is 3.75. The van der Waals surface area contributed by atoms with Crippen molar-refractivity contribution in [3.8, 4) is 6.07 Å². The van der Waals surface area contributed by atoms with Crippen LogP contribution in [0.5, 0.6) is 0 Å². The molecule has 1 rings (SSSR count). The maximum Gasteiger partial charge on any atom is 0.324 e. The fourth-order valence-corrected chi connectivity index (χ4v) is 2.63. The van der Waals surface area contributed by atoms with Crippen molar-refractivity contribution in [2.24, 2.45) is 0 Å². The monoisotopic (exact) mass is 284 g/mol. The molecule has 0 bridgehead atoms. The first kappa shape index (κ1) is 15.1. The average Bonchev–Trinajstić information content (AvgIpc) is 2.35. The smallest absolute Gasteiger partial charge is 0.324 e. The summed E-state index contributed by atoms with van der Waals surface area (Å²) < 4.78 is 25.7. The van der Waals surface area contributed by atoms with Gasteiger partial charge in [-0.05, 0) is 25.1 Å². The molecule has 0 spiro atoms. The number of carbonyl (C=O) groups is 1. The van der Waals surface area contributed by atoms with E-state index < -0.39 is 28.1 Å². The number of nitrogens with zero attached hydrogens (tertiary/aromatic N) is 1. The minimum absolute atomic E-state index is 0.131. The third-order valence-corrected chi connectivity index (χ3v) is 3.74. The zero-order valence-corrected chi connectivity index (χ0v) is 10.8. The van der Waals surface area contributed by atoms with Crippen LogP contribution >= 0.6 is 0 Å². The van der Waals surface area contributed by atoms with Crippen molar-refractivity contribution in [1.82, 2.24) is 4.72 Å². The SMILES string of the molecule is C[C@@H](O)[C@H](NS(=O)(=O)c1cccc(C#N)c1)C(=O)O. The summed E-state index contributed by atoms with van der Waals surface area (Å²) in [6.45, 7) is 1.16. The van der Waals surface area contributed by atoms with Crippen LogP contribution in [0.3, 0.4) is 0 Å². The number of carboxylic acid groups (broad SMARTS) is 1. The Bertz CT molecular complexity index is 618. The van der Waals surface area contributed by atoms with Crippen LogP contribution in [-0.2, 0) is 14.8 Å². The Kier molecular flexibility index (Phi) is 4.61. The summed E-state index contributed by atoms with van der Waals surface area (Å²) in [5.41, 5.74) is 0.131. The molecule has 0 heterocycles. The van der Waals surface area contributed by atoms with Crippen LogP contribution in [0.4, 0.5) is 0 Å². The Morgan fingerprint density at radius 2 is 2.11 bits per heavy atom. The Labute approximate surface area is 110 Å². The quantitative estimate of drug-likeness (QED) is 0.679. The summed E-state index contributed by atoms with van der Waals surface area (Å²) in [6.07, 6.45) is -1.40. The Hall–Kier alpha value is -1.95. The molecule has 0 aliphatic carbocycles. The number of aliphatic carboxylic acids is 1. The van der Waals surface area contributed by atoms with Gasteiger partial charge in [-0.25, -0.2) is 8.42 Å². The summed E-state index contributed by atoms with van der Waals surface area (Å²) in [7, 11) is -4.12. The van der Waals surface area contributed by atoms with Crippen molar-refractivity contribution in [3.05, 3.63) is 29.8 Å². The number of hydrogen-bond acceptors (Lipinski definition) is 5. The molecule has 0 unspecified atom stereocenters. The first-order chi connectivity index (χ1) is 8.77. The molecule has 0 saturated carbocycles. The third-order valence-electron chi connectivity index (χ3n) is 2.30. The van der Waals surface area contributed by atoms with Gasteiger partial charge < -0.3 is 10.2 Å². The first-order valence-corrected chi connectivity index (χ1v) is 6.69. The molecule has 0 aromatic heterocycles. The first-order valence-electron chi connectivity index (χ1n) is 5.21. The number of nitriles is 1. The molecule has 0 fully saturated rings. The largest absolute Gasteiger partial charge is 0.480 e. The molecule has 1 aromatic carbocycles. The number of carboxylic acids is 1. The van der Waals surface area contributed by atoms with Gasteiger partial charge >= 0.3 is 5.97 Å². The second-order valence-electron chi connectivity index (χ2n) is 3.82. The van der Waals surface area contributed by atoms with Crippen molar-refractivity contribution in [2.45, 2.75) is 24.0 Å². The summed E-state index contributed by atoms with van der Waals surface area (Å²) >= 11 is 0. The van der Waals surface area contributed by atoms with Gasteiger partial charge in [0.2, 0.25) is 10.0 Å². The predicted octanol–water partition coefficient (Wildman–Crippen LogP) is -0.329. The highest BCUT2D eigenvalue weighted by molar-refractivity contribution is 7.89. The van der Waals surface area contributed by atoms with Crippen LogP contribution in [0.2, 0.25) is 0 Å². The molecule has 2 atom stereocenters. The van der Waals surface area contributed by atoms with E-state index in [9.17, 15) is 18.3 Å². The average molecular weight is 284 g/mol. The number of aliphatic hydroxyl groups excluding tert-OH is 1. The van der Waals surface area contributed by atoms with Gasteiger partial charge in [0.15, 0.2) is 0 Å². The number of aliphatic hydroxyl groups is 1. The lowest BCUT2D eigenvalue weighted by atomic mass is 10.2. The topological polar surface area (TPSA) is 127 Å². The van der Waals surface area contributed by atoms with E-state index in [2.05, 4.69) is 0 Å². The maximum absolute atomic E-state index is 11.9. The second-order valence-corrected chi connectivity index (χ2v) is 5.53. The van der Waals surface area contributed by atoms with Crippen molar-refractivity contribution in [2.75, 3.05) is 0 Å². The van der Waals surface area contributed by atoms with Gasteiger partial charge in [-0.1, -0.05) is 6.07 Å². The zero-order chi connectivity index (χ0) is 14.6. The van der Waals surface area contributed by atoms with Crippen molar-refractivity contribution >= 4 is 16.0 Å². The van der Waals surface area contributed by atoms with Crippen LogP contribution in [0, 0.1) is 11.3 Å². The highest BCUT2D eigenvalue weighted by Gasteiger charge is 2.29. The summed E-state index contributed by atoms with van der Waals surface area (Å²) in [5, 5.41) is 26.7. The minimum atomic E-state index is -4.12. The van der Waals surface area contributed by atoms with E-state index in [0.29, 0.717) is 0 Å². The minimum Gasteiger partial charge on any atom is -0.480 e. The van der Waals surface area contributed by atoms with Gasteiger partial charge in [-0.3, -0.25) is 4.79 Å². The lowest BCUT2D eigenvalue weighted by Crippen LogP contribution is -2.47. The number of nitrogens with one attached hydrogen (secondary N) is 1. The molecule has 19 heavy (non-hydrogen) atoms. The zero-order valence-electron chi connectivity index (χ0n) is 9.94. The summed E-state index contributed by atoms with van der Waals surface area (Å²) in [4.78, 5) is 10.6. The normalized spacial score (nSPS) is 14.4. The second kappa shape index (κ2) is 5.79. The molecule has 0 aliphatic rings. The number of rotatable bonds is 5. The lowest BCUT2D eigenvalue weighted by Gasteiger charge is -2.17. The highest BCUT2D eigenvalue weighted by atomic mass is 32.2. The molecule has 102 valence electrons. The Balaban J connectivity index is 3.11. The maximum atomic E-state index is 11.9. The summed E-state index contributed by atoms with van der Waals surface area (Å²) in [6, 6.07) is 5.25. The molecule has 7 nitrogen and oxygen atoms in total. The van der Waals surface area contributed by atoms with Crippen molar-refractivity contribution in [1.29, 1.82) is 5.26 Å². The fourth-order valence-electron chi connectivity index (χ4n) is 1.32. The van der Waals surface area contributed by atoms with Crippen LogP contribution in [0.25, 0.3) is 0 Å². The van der Waals surface area contributed by atoms with E-state index >= 15 is 0 Å². The number of benzene rings is 1. The number of hydrogen-bond donors (Lipinski definition) is 3. The van der Waals surface area contributed by atoms with Crippen molar-refractivity contribution < 1.29 is 23.4 Å². The van der Waals surface area contributed by atoms with Gasteiger partial charge in [-0.15, -0.1) is 0 Å². The molecule has 0 amide bonds. The summed E-state index contributed by atoms with van der Waals surface area (Å²) in [5.74, 6) is -1.49. The van der Waals surface area contributed by atoms with Crippen molar-refractivity contribution in [3.63, 3.8) is 0 Å². The molecule has 0 radical (unpaired) electrons. The molecular formula is C11H12N2O5S. The van der Waals surface area contributed by atoms with Gasteiger partial charge in [0.05, 0.1) is 22.6 Å². The molecule has 1 aromatic rings. The van der Waals surface area contributed by atoms with E-state index in [1.165, 1.54) is 18.2 Å². The van der Waals surface area contributed by atoms with Gasteiger partial charge in [0.1, 0.15) is 6.04 Å². The van der Waals surface area contributed by atoms with Crippen LogP contribution in [0.1, 0.15) is 12.5 Å². The van der Waals surface area contributed by atoms with Crippen LogP contribution in [0.15, 0.2) is 29.2 Å². The van der Waals surface area contributed by atoms with E-state index in [1.807, 2.05) is 4.72 Å². The van der Waals surface area contributed by atoms with Crippen LogP contribution in [-0.4, -0.2) is 36.7 Å². The lowest BCUT2D eigenvalue weighted by molar-refractivity contribution is -0.141. The number of sulfonamides is 1. The molecular weight excluding hydrogens is 272 g/mol. The highest BCUT2D eigenvalue weighted by Crippen LogP contribution is 2.12. The van der Waals surface area contributed by atoms with Gasteiger partial charge in [-0.2, -0.15) is 9.98 Å². The predicted molar refractivity (Wildman–Crippen MR) is 64.6 cm³/mol. The van der Waals surface area contributed by atoms with Crippen LogP contribution < -0.4 is 4.72 Å². The van der Waals surface area contributed by atoms with E-state index in [1.54, 1.807) is 6.07 Å². The van der Waals surface area contributed by atoms with Gasteiger partial charge in [0.25, 0.3) is 0 Å². The van der Waals surface area contributed by atoms with E-state index in [-0.39, 0.29) is 10.5 Å².